The quantitative estimate of drug-likeness (QED) is 0.924. The first kappa shape index (κ1) is 15.8. The average Bonchev–Trinajstić information content (AvgIpc) is 2.39. The Morgan fingerprint density at radius 3 is 2.67 bits per heavy atom. The molecule has 0 saturated heterocycles. The molecular weight excluding hydrogens is 266 g/mol. The van der Waals surface area contributed by atoms with E-state index in [1.807, 2.05) is 18.2 Å². The molecule has 1 aromatic rings. The van der Waals surface area contributed by atoms with E-state index in [9.17, 15) is 4.79 Å². The fraction of sp³-hybridized carbons (Fsp3) is 0.588. The van der Waals surface area contributed by atoms with E-state index in [0.29, 0.717) is 19.1 Å². The average molecular weight is 291 g/mol. The molecule has 4 nitrogen and oxygen atoms in total. The second-order valence-electron chi connectivity index (χ2n) is 6.78. The molecule has 0 aromatic heterocycles. The highest BCUT2D eigenvalue weighted by molar-refractivity contribution is 5.66. The third-order valence-electron chi connectivity index (χ3n) is 4.04. The van der Waals surface area contributed by atoms with Crippen molar-refractivity contribution in [1.82, 2.24) is 4.90 Å². The van der Waals surface area contributed by atoms with Gasteiger partial charge >= 0.3 is 5.97 Å². The van der Waals surface area contributed by atoms with Crippen LogP contribution in [0.2, 0.25) is 0 Å². The standard InChI is InChI=1S/C17H25NO3/c1-12-11-21-14-8-6-5-7-13(14)16(12)18(17(2,3)4)10-9-15(19)20/h5-8,12,16H,9-11H2,1-4H3,(H,19,20). The molecule has 0 amide bonds. The maximum atomic E-state index is 11.0. The Hall–Kier alpha value is -1.55. The second kappa shape index (κ2) is 6.06. The lowest BCUT2D eigenvalue weighted by atomic mass is 9.87. The number of nitrogens with zero attached hydrogens (tertiary/aromatic N) is 1. The Labute approximate surface area is 126 Å². The molecule has 0 fully saturated rings. The van der Waals surface area contributed by atoms with Gasteiger partial charge in [-0.1, -0.05) is 25.1 Å². The summed E-state index contributed by atoms with van der Waals surface area (Å²) >= 11 is 0. The molecule has 0 spiro atoms. The van der Waals surface area contributed by atoms with Crippen molar-refractivity contribution in [2.24, 2.45) is 5.92 Å². The number of carboxylic acid groups (broad SMARTS) is 1. The number of aliphatic carboxylic acids is 1. The van der Waals surface area contributed by atoms with Gasteiger partial charge < -0.3 is 9.84 Å². The largest absolute Gasteiger partial charge is 0.493 e. The molecular formula is C17H25NO3. The van der Waals surface area contributed by atoms with Crippen molar-refractivity contribution in [3.8, 4) is 5.75 Å². The smallest absolute Gasteiger partial charge is 0.304 e. The first-order valence-electron chi connectivity index (χ1n) is 7.51. The normalized spacial score (nSPS) is 21.8. The van der Waals surface area contributed by atoms with Crippen LogP contribution in [-0.4, -0.2) is 34.7 Å². The number of para-hydroxylation sites is 1. The second-order valence-corrected chi connectivity index (χ2v) is 6.78. The van der Waals surface area contributed by atoms with Crippen molar-refractivity contribution in [2.75, 3.05) is 13.2 Å². The van der Waals surface area contributed by atoms with Gasteiger partial charge in [0.05, 0.1) is 13.0 Å². The van der Waals surface area contributed by atoms with Crippen LogP contribution in [0.25, 0.3) is 0 Å². The van der Waals surface area contributed by atoms with E-state index in [1.54, 1.807) is 0 Å². The third kappa shape index (κ3) is 3.56. The lowest BCUT2D eigenvalue weighted by molar-refractivity contribution is -0.138. The van der Waals surface area contributed by atoms with E-state index in [-0.39, 0.29) is 18.0 Å². The Morgan fingerprint density at radius 2 is 2.05 bits per heavy atom. The highest BCUT2D eigenvalue weighted by atomic mass is 16.5. The van der Waals surface area contributed by atoms with E-state index >= 15 is 0 Å². The number of hydrogen-bond acceptors (Lipinski definition) is 3. The number of carbonyl (C=O) groups is 1. The molecule has 1 heterocycles. The molecule has 4 heteroatoms. The van der Waals surface area contributed by atoms with Crippen LogP contribution >= 0.6 is 0 Å². The SMILES string of the molecule is CC1COc2ccccc2C1N(CCC(=O)O)C(C)(C)C. The molecule has 21 heavy (non-hydrogen) atoms. The first-order valence-corrected chi connectivity index (χ1v) is 7.51. The Kier molecular flexibility index (Phi) is 4.57. The number of carboxylic acids is 1. The number of ether oxygens (including phenoxy) is 1. The number of benzene rings is 1. The molecule has 1 aliphatic rings. The van der Waals surface area contributed by atoms with Crippen LogP contribution in [0.3, 0.4) is 0 Å². The fourth-order valence-electron chi connectivity index (χ4n) is 3.06. The minimum Gasteiger partial charge on any atom is -0.493 e. The van der Waals surface area contributed by atoms with Gasteiger partial charge in [0.25, 0.3) is 0 Å². The van der Waals surface area contributed by atoms with Gasteiger partial charge in [0.2, 0.25) is 0 Å². The zero-order chi connectivity index (χ0) is 15.6. The van der Waals surface area contributed by atoms with E-state index in [0.717, 1.165) is 11.3 Å². The van der Waals surface area contributed by atoms with Crippen LogP contribution in [0.1, 0.15) is 45.7 Å². The lowest BCUT2D eigenvalue weighted by Gasteiger charge is -2.46. The number of hydrogen-bond donors (Lipinski definition) is 1. The molecule has 0 radical (unpaired) electrons. The predicted octanol–water partition coefficient (Wildman–Crippen LogP) is 3.33. The van der Waals surface area contributed by atoms with Crippen LogP contribution in [0.4, 0.5) is 0 Å². The molecule has 0 aliphatic carbocycles. The molecule has 116 valence electrons. The van der Waals surface area contributed by atoms with Crippen molar-refractivity contribution < 1.29 is 14.6 Å². The summed E-state index contributed by atoms with van der Waals surface area (Å²) in [5.41, 5.74) is 1.07. The monoisotopic (exact) mass is 291 g/mol. The maximum absolute atomic E-state index is 11.0. The van der Waals surface area contributed by atoms with Crippen molar-refractivity contribution in [3.05, 3.63) is 29.8 Å². The summed E-state index contributed by atoms with van der Waals surface area (Å²) in [7, 11) is 0. The minimum absolute atomic E-state index is 0.0984. The van der Waals surface area contributed by atoms with Gasteiger partial charge in [-0.25, -0.2) is 0 Å². The minimum atomic E-state index is -0.753. The zero-order valence-electron chi connectivity index (χ0n) is 13.3. The fourth-order valence-corrected chi connectivity index (χ4v) is 3.06. The molecule has 2 atom stereocenters. The molecule has 0 bridgehead atoms. The van der Waals surface area contributed by atoms with Crippen LogP contribution in [0.5, 0.6) is 5.75 Å². The molecule has 1 aromatic carbocycles. The summed E-state index contributed by atoms with van der Waals surface area (Å²) in [4.78, 5) is 13.3. The van der Waals surface area contributed by atoms with Gasteiger partial charge in [0.1, 0.15) is 5.75 Å². The summed E-state index contributed by atoms with van der Waals surface area (Å²) in [6, 6.07) is 8.27. The van der Waals surface area contributed by atoms with Crippen LogP contribution < -0.4 is 4.74 Å². The van der Waals surface area contributed by atoms with Crippen molar-refractivity contribution in [1.29, 1.82) is 0 Å². The van der Waals surface area contributed by atoms with Gasteiger partial charge in [-0.15, -0.1) is 0 Å². The van der Waals surface area contributed by atoms with E-state index in [1.165, 1.54) is 0 Å². The molecule has 2 unspecified atom stereocenters. The Morgan fingerprint density at radius 1 is 1.38 bits per heavy atom. The predicted molar refractivity (Wildman–Crippen MR) is 82.6 cm³/mol. The summed E-state index contributed by atoms with van der Waals surface area (Å²) in [5, 5.41) is 9.04. The van der Waals surface area contributed by atoms with Crippen LogP contribution in [0, 0.1) is 5.92 Å². The first-order chi connectivity index (χ1) is 9.80. The van der Waals surface area contributed by atoms with E-state index in [2.05, 4.69) is 38.7 Å². The van der Waals surface area contributed by atoms with Gasteiger partial charge in [0, 0.05) is 29.6 Å². The maximum Gasteiger partial charge on any atom is 0.304 e. The summed E-state index contributed by atoms with van der Waals surface area (Å²) in [6.45, 7) is 9.79. The summed E-state index contributed by atoms with van der Waals surface area (Å²) in [6.07, 6.45) is 0.156. The third-order valence-corrected chi connectivity index (χ3v) is 4.04. The zero-order valence-corrected chi connectivity index (χ0v) is 13.3. The van der Waals surface area contributed by atoms with Crippen LogP contribution in [0.15, 0.2) is 24.3 Å². The molecule has 1 N–H and O–H groups in total. The highest BCUT2D eigenvalue weighted by Gasteiger charge is 2.37. The topological polar surface area (TPSA) is 49.8 Å². The lowest BCUT2D eigenvalue weighted by Crippen LogP contribution is -2.48. The molecule has 0 saturated carbocycles. The number of rotatable bonds is 4. The van der Waals surface area contributed by atoms with Gasteiger partial charge in [-0.2, -0.15) is 0 Å². The summed E-state index contributed by atoms with van der Waals surface area (Å²) in [5.74, 6) is 0.496. The Bertz CT molecular complexity index is 507. The van der Waals surface area contributed by atoms with Crippen molar-refractivity contribution >= 4 is 5.97 Å². The van der Waals surface area contributed by atoms with Gasteiger partial charge in [-0.05, 0) is 26.8 Å². The molecule has 1 aliphatic heterocycles. The van der Waals surface area contributed by atoms with Crippen LogP contribution in [-0.2, 0) is 4.79 Å². The van der Waals surface area contributed by atoms with Gasteiger partial charge in [0.15, 0.2) is 0 Å². The Balaban J connectivity index is 2.36. The van der Waals surface area contributed by atoms with E-state index < -0.39 is 5.97 Å². The van der Waals surface area contributed by atoms with Crippen molar-refractivity contribution in [2.45, 2.75) is 45.7 Å². The van der Waals surface area contributed by atoms with E-state index in [4.69, 9.17) is 9.84 Å². The highest BCUT2D eigenvalue weighted by Crippen LogP contribution is 2.41. The molecule has 2 rings (SSSR count). The summed E-state index contributed by atoms with van der Waals surface area (Å²) < 4.78 is 5.81. The number of fused-ring (bicyclic) bond motifs is 1. The van der Waals surface area contributed by atoms with Crippen molar-refractivity contribution in [3.63, 3.8) is 0 Å². The van der Waals surface area contributed by atoms with Gasteiger partial charge in [-0.3, -0.25) is 9.69 Å².